The van der Waals surface area contributed by atoms with E-state index in [1.54, 1.807) is 6.08 Å². The lowest BCUT2D eigenvalue weighted by atomic mass is 9.99. The van der Waals surface area contributed by atoms with Gasteiger partial charge in [0.1, 0.15) is 18.1 Å². The molecular formula is C36H48N6O5S. The van der Waals surface area contributed by atoms with Crippen LogP contribution in [0.2, 0.25) is 0 Å². The number of rotatable bonds is 18. The number of benzene rings is 2. The molecule has 258 valence electrons. The number of unbranched alkanes of at least 4 members (excludes halogenated alkanes) is 1. The van der Waals surface area contributed by atoms with Gasteiger partial charge in [0, 0.05) is 43.8 Å². The molecule has 12 heteroatoms. The van der Waals surface area contributed by atoms with E-state index in [4.69, 9.17) is 11.5 Å². The number of nitrogens with two attached hydrogens (primary N) is 2. The number of amides is 5. The van der Waals surface area contributed by atoms with Crippen molar-refractivity contribution in [1.82, 2.24) is 20.9 Å². The Bertz CT molecular complexity index is 1580. The Morgan fingerprint density at radius 2 is 1.67 bits per heavy atom. The molecule has 48 heavy (non-hydrogen) atoms. The lowest BCUT2D eigenvalue weighted by molar-refractivity contribution is -0.142. The minimum absolute atomic E-state index is 0.149. The predicted molar refractivity (Wildman–Crippen MR) is 190 cm³/mol. The van der Waals surface area contributed by atoms with Gasteiger partial charge in [-0.05, 0) is 73.4 Å². The van der Waals surface area contributed by atoms with E-state index in [1.165, 1.54) is 36.3 Å². The molecule has 3 aromatic rings. The van der Waals surface area contributed by atoms with Crippen LogP contribution in [0.1, 0.15) is 56.9 Å². The Labute approximate surface area is 286 Å². The van der Waals surface area contributed by atoms with Crippen LogP contribution in [-0.4, -0.2) is 71.7 Å². The molecule has 11 nitrogen and oxygen atoms in total. The Hall–Kier alpha value is -4.55. The van der Waals surface area contributed by atoms with E-state index >= 15 is 0 Å². The molecule has 0 bridgehead atoms. The van der Waals surface area contributed by atoms with E-state index in [0.29, 0.717) is 25.8 Å². The third kappa shape index (κ3) is 12.6. The van der Waals surface area contributed by atoms with Crippen molar-refractivity contribution in [3.8, 4) is 0 Å². The molecule has 0 aliphatic rings. The smallest absolute Gasteiger partial charge is 0.245 e. The van der Waals surface area contributed by atoms with Crippen molar-refractivity contribution in [3.63, 3.8) is 0 Å². The third-order valence-corrected chi connectivity index (χ3v) is 8.73. The second-order valence-electron chi connectivity index (χ2n) is 12.7. The molecule has 2 aromatic carbocycles. The summed E-state index contributed by atoms with van der Waals surface area (Å²) in [6, 6.07) is 14.5. The Morgan fingerprint density at radius 1 is 0.938 bits per heavy atom. The maximum Gasteiger partial charge on any atom is 0.245 e. The van der Waals surface area contributed by atoms with E-state index in [0.717, 1.165) is 21.2 Å². The summed E-state index contributed by atoms with van der Waals surface area (Å²) in [6.07, 6.45) is 5.29. The molecule has 5 amide bonds. The number of nitrogens with zero attached hydrogens (tertiary/aromatic N) is 1. The van der Waals surface area contributed by atoms with E-state index < -0.39 is 47.3 Å². The first-order valence-corrected chi connectivity index (χ1v) is 17.0. The maximum atomic E-state index is 14.2. The largest absolute Gasteiger partial charge is 0.368 e. The van der Waals surface area contributed by atoms with Crippen LogP contribution in [-0.2, 0) is 36.8 Å². The Balaban J connectivity index is 1.86. The SMILES string of the molecule is CC(=O)NCCCC[C@H](NC(=O)[C@@H](Cc1cccs1)N(C)C(=O)[C@@H](Cc1ccc2ccccc2c1)NC(=O)/C=C/CC(C)(C)N)C(N)=O. The molecule has 1 aromatic heterocycles. The monoisotopic (exact) mass is 676 g/mol. The summed E-state index contributed by atoms with van der Waals surface area (Å²) in [4.78, 5) is 66.8. The second-order valence-corrected chi connectivity index (χ2v) is 13.8. The lowest BCUT2D eigenvalue weighted by Crippen LogP contribution is -2.57. The molecule has 0 saturated carbocycles. The molecule has 0 fully saturated rings. The molecule has 0 aliphatic heterocycles. The zero-order chi connectivity index (χ0) is 35.3. The summed E-state index contributed by atoms with van der Waals surface area (Å²) < 4.78 is 0. The Morgan fingerprint density at radius 3 is 2.31 bits per heavy atom. The molecule has 0 unspecified atom stereocenters. The first kappa shape index (κ1) is 37.9. The van der Waals surface area contributed by atoms with Gasteiger partial charge in [-0.1, -0.05) is 54.6 Å². The van der Waals surface area contributed by atoms with Gasteiger partial charge in [-0.2, -0.15) is 0 Å². The van der Waals surface area contributed by atoms with Gasteiger partial charge >= 0.3 is 0 Å². The number of fused-ring (bicyclic) bond motifs is 1. The normalized spacial score (nSPS) is 13.4. The van der Waals surface area contributed by atoms with E-state index in [-0.39, 0.29) is 25.2 Å². The topological polar surface area (TPSA) is 177 Å². The second kappa shape index (κ2) is 18.1. The summed E-state index contributed by atoms with van der Waals surface area (Å²) in [5.74, 6) is -2.30. The van der Waals surface area contributed by atoms with Crippen LogP contribution in [0.25, 0.3) is 10.8 Å². The highest BCUT2D eigenvalue weighted by atomic mass is 32.1. The van der Waals surface area contributed by atoms with Crippen molar-refractivity contribution in [2.75, 3.05) is 13.6 Å². The summed E-state index contributed by atoms with van der Waals surface area (Å²) >= 11 is 1.45. The third-order valence-electron chi connectivity index (χ3n) is 7.83. The highest BCUT2D eigenvalue weighted by molar-refractivity contribution is 7.09. The first-order valence-electron chi connectivity index (χ1n) is 16.1. The number of likely N-dealkylation sites (N-methyl/N-ethyl adjacent to an activating group) is 1. The molecular weight excluding hydrogens is 629 g/mol. The van der Waals surface area contributed by atoms with Crippen LogP contribution in [0, 0.1) is 0 Å². The summed E-state index contributed by atoms with van der Waals surface area (Å²) in [5.41, 5.74) is 12.0. The van der Waals surface area contributed by atoms with E-state index in [2.05, 4.69) is 16.0 Å². The number of nitrogens with one attached hydrogen (secondary N) is 3. The van der Waals surface area contributed by atoms with Crippen molar-refractivity contribution in [2.24, 2.45) is 11.5 Å². The van der Waals surface area contributed by atoms with Crippen LogP contribution in [0.3, 0.4) is 0 Å². The number of hydrogen-bond donors (Lipinski definition) is 5. The zero-order valence-electron chi connectivity index (χ0n) is 28.2. The fourth-order valence-corrected chi connectivity index (χ4v) is 5.95. The van der Waals surface area contributed by atoms with Gasteiger partial charge in [0.05, 0.1) is 0 Å². The zero-order valence-corrected chi connectivity index (χ0v) is 29.0. The van der Waals surface area contributed by atoms with Crippen LogP contribution < -0.4 is 27.4 Å². The highest BCUT2D eigenvalue weighted by Gasteiger charge is 2.34. The van der Waals surface area contributed by atoms with Crippen molar-refractivity contribution >= 4 is 51.6 Å². The molecule has 0 spiro atoms. The number of primary amides is 1. The fraction of sp³-hybridized carbons (Fsp3) is 0.417. The van der Waals surface area contributed by atoms with Crippen molar-refractivity contribution in [2.45, 2.75) is 83.0 Å². The van der Waals surface area contributed by atoms with Gasteiger partial charge in [0.15, 0.2) is 0 Å². The fourth-order valence-electron chi connectivity index (χ4n) is 5.21. The molecule has 0 aliphatic carbocycles. The summed E-state index contributed by atoms with van der Waals surface area (Å²) in [6.45, 7) is 5.57. The Kier molecular flexibility index (Phi) is 14.3. The van der Waals surface area contributed by atoms with Gasteiger partial charge in [-0.15, -0.1) is 11.3 Å². The molecule has 7 N–H and O–H groups in total. The summed E-state index contributed by atoms with van der Waals surface area (Å²) in [7, 11) is 1.53. The van der Waals surface area contributed by atoms with Gasteiger partial charge < -0.3 is 32.3 Å². The van der Waals surface area contributed by atoms with E-state index in [9.17, 15) is 24.0 Å². The van der Waals surface area contributed by atoms with Crippen molar-refractivity contribution < 1.29 is 24.0 Å². The van der Waals surface area contributed by atoms with Crippen LogP contribution in [0.5, 0.6) is 0 Å². The number of carbonyl (C=O) groups is 5. The number of thiophene rings is 1. The minimum atomic E-state index is -1.00. The van der Waals surface area contributed by atoms with Gasteiger partial charge in [0.25, 0.3) is 0 Å². The van der Waals surface area contributed by atoms with Gasteiger partial charge in [-0.25, -0.2) is 0 Å². The minimum Gasteiger partial charge on any atom is -0.368 e. The quantitative estimate of drug-likeness (QED) is 0.102. The summed E-state index contributed by atoms with van der Waals surface area (Å²) in [5, 5.41) is 12.2. The van der Waals surface area contributed by atoms with Crippen molar-refractivity contribution in [3.05, 3.63) is 82.6 Å². The van der Waals surface area contributed by atoms with E-state index in [1.807, 2.05) is 73.8 Å². The lowest BCUT2D eigenvalue weighted by Gasteiger charge is -2.31. The molecule has 3 rings (SSSR count). The predicted octanol–water partition coefficient (Wildman–Crippen LogP) is 2.96. The average molecular weight is 677 g/mol. The number of carbonyl (C=O) groups excluding carboxylic acids is 5. The van der Waals surface area contributed by atoms with Gasteiger partial charge in [0.2, 0.25) is 29.5 Å². The van der Waals surface area contributed by atoms with Crippen LogP contribution in [0.4, 0.5) is 0 Å². The molecule has 3 atom stereocenters. The highest BCUT2D eigenvalue weighted by Crippen LogP contribution is 2.19. The standard InChI is InChI=1S/C36H48N6O5S/c1-24(43)39-19-8-7-14-29(33(37)45)41-34(46)31(23-28-13-10-20-48-28)42(4)35(47)30(40-32(44)15-9-18-36(2,3)38)22-25-16-17-26-11-5-6-12-27(26)21-25/h5-6,9-13,15-17,20-21,29-31H,7-8,14,18-19,22-23,38H2,1-4H3,(H2,37,45)(H,39,43)(H,40,44)(H,41,46)/b15-9+/t29-,30+,31+/m0/s1. The molecule has 1 heterocycles. The molecule has 0 radical (unpaired) electrons. The van der Waals surface area contributed by atoms with Crippen LogP contribution in [0.15, 0.2) is 72.1 Å². The van der Waals surface area contributed by atoms with Gasteiger partial charge in [-0.3, -0.25) is 24.0 Å². The first-order chi connectivity index (χ1) is 22.7. The van der Waals surface area contributed by atoms with Crippen molar-refractivity contribution in [1.29, 1.82) is 0 Å². The van der Waals surface area contributed by atoms with Crippen LogP contribution >= 0.6 is 11.3 Å². The maximum absolute atomic E-state index is 14.2. The average Bonchev–Trinajstić information content (AvgIpc) is 3.54. The molecule has 0 saturated heterocycles. The number of hydrogen-bond acceptors (Lipinski definition) is 7.